The molecule has 0 amide bonds. The molecule has 5 heteroatoms. The first kappa shape index (κ1) is 16.2. The topological polar surface area (TPSA) is 19.4 Å². The summed E-state index contributed by atoms with van der Waals surface area (Å²) in [5.74, 6) is 0.0450. The van der Waals surface area contributed by atoms with Crippen molar-refractivity contribution in [2.24, 2.45) is 0 Å². The summed E-state index contributed by atoms with van der Waals surface area (Å²) in [6, 6.07) is 1.32. The van der Waals surface area contributed by atoms with Gasteiger partial charge in [0.15, 0.2) is 11.6 Å². The summed E-state index contributed by atoms with van der Waals surface area (Å²) >= 11 is 5.72. The molecule has 1 rings (SSSR count). The molecule has 1 aromatic rings. The highest BCUT2D eigenvalue weighted by Crippen LogP contribution is 2.19. The lowest BCUT2D eigenvalue weighted by Crippen LogP contribution is -2.30. The molecule has 0 radical (unpaired) electrons. The molecular weight excluding hydrogens is 265 g/mol. The van der Waals surface area contributed by atoms with Gasteiger partial charge in [0.1, 0.15) is 0 Å². The lowest BCUT2D eigenvalue weighted by Gasteiger charge is -2.24. The van der Waals surface area contributed by atoms with Gasteiger partial charge in [-0.15, -0.1) is 0 Å². The van der Waals surface area contributed by atoms with Crippen LogP contribution in [0.1, 0.15) is 27.2 Å². The molecule has 0 aliphatic rings. The number of anilines is 1. The van der Waals surface area contributed by atoms with Crippen molar-refractivity contribution in [3.8, 4) is 0 Å². The highest BCUT2D eigenvalue weighted by atomic mass is 35.5. The molecule has 0 fully saturated rings. The molecule has 0 saturated heterocycles. The molecule has 0 unspecified atom stereocenters. The first-order chi connectivity index (χ1) is 9.12. The summed E-state index contributed by atoms with van der Waals surface area (Å²) in [6.07, 6.45) is 2.49. The molecule has 0 atom stereocenters. The minimum Gasteiger partial charge on any atom is -0.354 e. The summed E-state index contributed by atoms with van der Waals surface area (Å²) < 4.78 is 13.8. The van der Waals surface area contributed by atoms with E-state index in [1.54, 1.807) is 0 Å². The zero-order valence-electron chi connectivity index (χ0n) is 12.0. The monoisotopic (exact) mass is 287 g/mol. The van der Waals surface area contributed by atoms with E-state index in [4.69, 9.17) is 11.6 Å². The van der Waals surface area contributed by atoms with Crippen LogP contribution >= 0.6 is 11.6 Å². The van der Waals surface area contributed by atoms with E-state index in [0.29, 0.717) is 10.8 Å². The quantitative estimate of drug-likeness (QED) is 0.730. The van der Waals surface area contributed by atoms with Gasteiger partial charge in [-0.1, -0.05) is 25.4 Å². The molecule has 0 spiro atoms. The Kier molecular flexibility index (Phi) is 7.10. The predicted octanol–water partition coefficient (Wildman–Crippen LogP) is 3.43. The third kappa shape index (κ3) is 4.96. The Bertz CT molecular complexity index is 383. The van der Waals surface area contributed by atoms with Gasteiger partial charge in [0, 0.05) is 19.3 Å². The molecule has 0 aromatic carbocycles. The molecule has 0 aliphatic heterocycles. The lowest BCUT2D eigenvalue weighted by molar-refractivity contribution is 0.300. The molecular formula is C14H23ClFN3. The van der Waals surface area contributed by atoms with Crippen molar-refractivity contribution >= 4 is 17.4 Å². The van der Waals surface area contributed by atoms with Crippen LogP contribution in [0.3, 0.4) is 0 Å². The van der Waals surface area contributed by atoms with Gasteiger partial charge in [-0.25, -0.2) is 9.37 Å². The van der Waals surface area contributed by atoms with E-state index < -0.39 is 0 Å². The van der Waals surface area contributed by atoms with E-state index in [2.05, 4.69) is 23.7 Å². The van der Waals surface area contributed by atoms with Crippen molar-refractivity contribution < 1.29 is 4.39 Å². The fraction of sp³-hybridized carbons (Fsp3) is 0.643. The summed E-state index contributed by atoms with van der Waals surface area (Å²) in [6.45, 7) is 11.0. The van der Waals surface area contributed by atoms with Gasteiger partial charge in [-0.2, -0.15) is 0 Å². The fourth-order valence-corrected chi connectivity index (χ4v) is 2.22. The van der Waals surface area contributed by atoms with Crippen LogP contribution in [-0.4, -0.2) is 42.6 Å². The molecule has 0 aliphatic carbocycles. The molecule has 0 N–H and O–H groups in total. The minimum atomic E-state index is -0.350. The largest absolute Gasteiger partial charge is 0.354 e. The molecule has 1 aromatic heterocycles. The van der Waals surface area contributed by atoms with Crippen LogP contribution in [0.4, 0.5) is 10.2 Å². The van der Waals surface area contributed by atoms with Crippen LogP contribution in [0.25, 0.3) is 0 Å². The number of hydrogen-bond acceptors (Lipinski definition) is 3. The van der Waals surface area contributed by atoms with Crippen molar-refractivity contribution in [1.82, 2.24) is 9.88 Å². The first-order valence-electron chi connectivity index (χ1n) is 6.90. The fourth-order valence-electron chi connectivity index (χ4n) is 2.08. The maximum Gasteiger partial charge on any atom is 0.167 e. The van der Waals surface area contributed by atoms with Gasteiger partial charge >= 0.3 is 0 Å². The van der Waals surface area contributed by atoms with Crippen LogP contribution in [0.2, 0.25) is 5.02 Å². The van der Waals surface area contributed by atoms with Crippen molar-refractivity contribution in [3.05, 3.63) is 23.1 Å². The second-order valence-electron chi connectivity index (χ2n) is 4.42. The summed E-state index contributed by atoms with van der Waals surface area (Å²) in [5, 5.41) is 0.334. The highest BCUT2D eigenvalue weighted by molar-refractivity contribution is 6.30. The Morgan fingerprint density at radius 2 is 1.84 bits per heavy atom. The normalized spacial score (nSPS) is 11.1. The molecule has 108 valence electrons. The Hall–Kier alpha value is -0.870. The number of aromatic nitrogens is 1. The number of halogens is 2. The standard InChI is InChI=1S/C14H23ClFN3/c1-4-18(5-2)8-7-9-19(6-3)14-13(16)10-12(15)11-17-14/h10-11H,4-9H2,1-3H3. The smallest absolute Gasteiger partial charge is 0.167 e. The summed E-state index contributed by atoms with van der Waals surface area (Å²) in [7, 11) is 0. The molecule has 1 heterocycles. The average molecular weight is 288 g/mol. The maximum atomic E-state index is 13.8. The number of rotatable bonds is 8. The predicted molar refractivity (Wildman–Crippen MR) is 79.5 cm³/mol. The van der Waals surface area contributed by atoms with E-state index in [-0.39, 0.29) is 5.82 Å². The van der Waals surface area contributed by atoms with Crippen LogP contribution in [0.15, 0.2) is 12.3 Å². The minimum absolute atomic E-state index is 0.334. The summed E-state index contributed by atoms with van der Waals surface area (Å²) in [4.78, 5) is 8.41. The van der Waals surface area contributed by atoms with Crippen LogP contribution in [0.5, 0.6) is 0 Å². The molecule has 3 nitrogen and oxygen atoms in total. The van der Waals surface area contributed by atoms with Crippen molar-refractivity contribution in [3.63, 3.8) is 0 Å². The summed E-state index contributed by atoms with van der Waals surface area (Å²) in [5.41, 5.74) is 0. The van der Waals surface area contributed by atoms with E-state index in [9.17, 15) is 4.39 Å². The molecule has 0 saturated carbocycles. The van der Waals surface area contributed by atoms with Crippen molar-refractivity contribution in [2.45, 2.75) is 27.2 Å². The van der Waals surface area contributed by atoms with E-state index >= 15 is 0 Å². The van der Waals surface area contributed by atoms with Gasteiger partial charge in [-0.05, 0) is 39.0 Å². The van der Waals surface area contributed by atoms with E-state index in [0.717, 1.165) is 39.1 Å². The van der Waals surface area contributed by atoms with Gasteiger partial charge in [0.25, 0.3) is 0 Å². The highest BCUT2D eigenvalue weighted by Gasteiger charge is 2.12. The average Bonchev–Trinajstić information content (AvgIpc) is 2.40. The first-order valence-corrected chi connectivity index (χ1v) is 7.28. The Balaban J connectivity index is 2.58. The second-order valence-corrected chi connectivity index (χ2v) is 4.86. The number of nitrogens with zero attached hydrogens (tertiary/aromatic N) is 3. The third-order valence-corrected chi connectivity index (χ3v) is 3.47. The van der Waals surface area contributed by atoms with Gasteiger partial charge in [0.2, 0.25) is 0 Å². The SMILES string of the molecule is CCN(CC)CCCN(CC)c1ncc(Cl)cc1F. The number of hydrogen-bond donors (Lipinski definition) is 0. The van der Waals surface area contributed by atoms with Gasteiger partial charge in [-0.3, -0.25) is 0 Å². The Morgan fingerprint density at radius 3 is 2.37 bits per heavy atom. The Morgan fingerprint density at radius 1 is 1.16 bits per heavy atom. The number of pyridine rings is 1. The van der Waals surface area contributed by atoms with Crippen LogP contribution in [0, 0.1) is 5.82 Å². The molecule has 0 bridgehead atoms. The zero-order valence-corrected chi connectivity index (χ0v) is 12.8. The van der Waals surface area contributed by atoms with Crippen LogP contribution < -0.4 is 4.90 Å². The van der Waals surface area contributed by atoms with E-state index in [1.165, 1.54) is 12.3 Å². The van der Waals surface area contributed by atoms with Crippen molar-refractivity contribution in [1.29, 1.82) is 0 Å². The van der Waals surface area contributed by atoms with Crippen molar-refractivity contribution in [2.75, 3.05) is 37.6 Å². The van der Waals surface area contributed by atoms with Gasteiger partial charge < -0.3 is 9.80 Å². The maximum absolute atomic E-state index is 13.8. The zero-order chi connectivity index (χ0) is 14.3. The lowest BCUT2D eigenvalue weighted by atomic mass is 10.3. The Labute approximate surface area is 120 Å². The second kappa shape index (κ2) is 8.33. The van der Waals surface area contributed by atoms with Gasteiger partial charge in [0.05, 0.1) is 5.02 Å². The van der Waals surface area contributed by atoms with E-state index in [1.807, 2.05) is 11.8 Å². The van der Waals surface area contributed by atoms with Crippen LogP contribution in [-0.2, 0) is 0 Å². The third-order valence-electron chi connectivity index (χ3n) is 3.27. The molecule has 19 heavy (non-hydrogen) atoms.